The molecule has 86 valence electrons. The van der Waals surface area contributed by atoms with E-state index in [1.807, 2.05) is 19.9 Å². The normalized spacial score (nSPS) is 12.2. The summed E-state index contributed by atoms with van der Waals surface area (Å²) in [5, 5.41) is 0. The number of para-hydroxylation sites is 1. The number of imidazole rings is 1. The maximum Gasteiger partial charge on any atom is 0.151 e. The second-order valence-electron chi connectivity index (χ2n) is 4.81. The summed E-state index contributed by atoms with van der Waals surface area (Å²) in [6, 6.07) is 4.91. The molecule has 16 heavy (non-hydrogen) atoms. The van der Waals surface area contributed by atoms with E-state index in [0.29, 0.717) is 5.52 Å². The van der Waals surface area contributed by atoms with Crippen LogP contribution < -0.4 is 5.73 Å². The van der Waals surface area contributed by atoms with Gasteiger partial charge in [0, 0.05) is 12.0 Å². The Bertz CT molecular complexity index is 496. The van der Waals surface area contributed by atoms with Crippen molar-refractivity contribution in [1.82, 2.24) is 9.97 Å². The molecule has 0 unspecified atom stereocenters. The summed E-state index contributed by atoms with van der Waals surface area (Å²) in [5.41, 5.74) is 6.82. The van der Waals surface area contributed by atoms with Gasteiger partial charge in [0.2, 0.25) is 0 Å². The molecule has 1 aromatic carbocycles. The van der Waals surface area contributed by atoms with Gasteiger partial charge in [0.05, 0.1) is 5.52 Å². The fourth-order valence-electron chi connectivity index (χ4n) is 1.61. The Morgan fingerprint density at radius 1 is 1.44 bits per heavy atom. The van der Waals surface area contributed by atoms with Crippen molar-refractivity contribution in [2.45, 2.75) is 32.2 Å². The summed E-state index contributed by atoms with van der Waals surface area (Å²) in [5.74, 6) is 0.505. The molecule has 3 N–H and O–H groups in total. The van der Waals surface area contributed by atoms with E-state index in [1.165, 1.54) is 6.07 Å². The lowest BCUT2D eigenvalue weighted by Gasteiger charge is -2.16. The molecular weight excluding hydrogens is 205 g/mol. The summed E-state index contributed by atoms with van der Waals surface area (Å²) >= 11 is 0. The molecule has 0 amide bonds. The topological polar surface area (TPSA) is 54.7 Å². The minimum absolute atomic E-state index is 0.225. The zero-order valence-electron chi connectivity index (χ0n) is 9.55. The molecule has 0 aliphatic heterocycles. The van der Waals surface area contributed by atoms with Crippen molar-refractivity contribution in [2.75, 3.05) is 0 Å². The predicted octanol–water partition coefficient (Wildman–Crippen LogP) is 2.37. The number of nitrogens with two attached hydrogens (primary N) is 1. The van der Waals surface area contributed by atoms with Gasteiger partial charge in [-0.05, 0) is 32.4 Å². The first-order valence-corrected chi connectivity index (χ1v) is 5.38. The molecule has 0 aliphatic rings. The van der Waals surface area contributed by atoms with Crippen LogP contribution >= 0.6 is 0 Å². The Morgan fingerprint density at radius 3 is 2.81 bits per heavy atom. The van der Waals surface area contributed by atoms with E-state index in [-0.39, 0.29) is 11.4 Å². The molecule has 0 aliphatic carbocycles. The molecule has 0 saturated carbocycles. The predicted molar refractivity (Wildman–Crippen MR) is 62.6 cm³/mol. The molecule has 0 fully saturated rings. The number of H-pyrrole nitrogens is 1. The Hall–Kier alpha value is -1.42. The van der Waals surface area contributed by atoms with Crippen LogP contribution in [0.25, 0.3) is 11.0 Å². The van der Waals surface area contributed by atoms with Crippen LogP contribution in [0.4, 0.5) is 4.39 Å². The largest absolute Gasteiger partial charge is 0.342 e. The smallest absolute Gasteiger partial charge is 0.151 e. The van der Waals surface area contributed by atoms with Gasteiger partial charge in [-0.1, -0.05) is 6.07 Å². The van der Waals surface area contributed by atoms with Gasteiger partial charge in [-0.15, -0.1) is 0 Å². The van der Waals surface area contributed by atoms with Crippen LogP contribution in [-0.2, 0) is 6.42 Å². The maximum absolute atomic E-state index is 13.4. The molecule has 0 bridgehead atoms. The van der Waals surface area contributed by atoms with Gasteiger partial charge < -0.3 is 10.7 Å². The summed E-state index contributed by atoms with van der Waals surface area (Å²) in [7, 11) is 0. The monoisotopic (exact) mass is 221 g/mol. The summed E-state index contributed by atoms with van der Waals surface area (Å²) < 4.78 is 13.4. The molecule has 0 spiro atoms. The summed E-state index contributed by atoms with van der Waals surface area (Å²) in [6.45, 7) is 3.94. The van der Waals surface area contributed by atoms with E-state index < -0.39 is 0 Å². The molecule has 0 atom stereocenters. The van der Waals surface area contributed by atoms with Crippen molar-refractivity contribution < 1.29 is 4.39 Å². The molecule has 4 heteroatoms. The van der Waals surface area contributed by atoms with Gasteiger partial charge in [-0.2, -0.15) is 0 Å². The van der Waals surface area contributed by atoms with E-state index in [0.717, 1.165) is 24.2 Å². The highest BCUT2D eigenvalue weighted by Crippen LogP contribution is 2.16. The lowest BCUT2D eigenvalue weighted by Crippen LogP contribution is -2.32. The van der Waals surface area contributed by atoms with Crippen molar-refractivity contribution in [3.8, 4) is 0 Å². The maximum atomic E-state index is 13.4. The average Bonchev–Trinajstić information content (AvgIpc) is 2.58. The van der Waals surface area contributed by atoms with Gasteiger partial charge >= 0.3 is 0 Å². The number of rotatable bonds is 3. The zero-order chi connectivity index (χ0) is 11.8. The molecular formula is C12H16FN3. The minimum atomic E-state index is -0.285. The second-order valence-corrected chi connectivity index (χ2v) is 4.81. The molecule has 3 nitrogen and oxygen atoms in total. The van der Waals surface area contributed by atoms with Crippen LogP contribution in [0.3, 0.4) is 0 Å². The van der Waals surface area contributed by atoms with Crippen molar-refractivity contribution in [2.24, 2.45) is 5.73 Å². The average molecular weight is 221 g/mol. The Labute approximate surface area is 93.9 Å². The van der Waals surface area contributed by atoms with Crippen molar-refractivity contribution >= 4 is 11.0 Å². The van der Waals surface area contributed by atoms with E-state index >= 15 is 0 Å². The Balaban J connectivity index is 2.24. The number of benzene rings is 1. The number of nitrogens with one attached hydrogen (secondary N) is 1. The lowest BCUT2D eigenvalue weighted by molar-refractivity contribution is 0.472. The fourth-order valence-corrected chi connectivity index (χ4v) is 1.61. The highest BCUT2D eigenvalue weighted by atomic mass is 19.1. The quantitative estimate of drug-likeness (QED) is 0.836. The second kappa shape index (κ2) is 3.87. The first-order valence-electron chi connectivity index (χ1n) is 5.38. The molecule has 2 aromatic rings. The standard InChI is InChI=1S/C12H16FN3/c1-12(2,14)7-6-10-15-9-5-3-4-8(13)11(9)16-10/h3-5H,6-7,14H2,1-2H3,(H,15,16). The van der Waals surface area contributed by atoms with Crippen molar-refractivity contribution in [1.29, 1.82) is 0 Å². The highest BCUT2D eigenvalue weighted by Gasteiger charge is 2.13. The summed E-state index contributed by atoms with van der Waals surface area (Å²) in [4.78, 5) is 7.33. The van der Waals surface area contributed by atoms with Crippen LogP contribution in [0, 0.1) is 5.82 Å². The number of hydrogen-bond donors (Lipinski definition) is 2. The van der Waals surface area contributed by atoms with E-state index in [2.05, 4.69) is 9.97 Å². The Kier molecular flexibility index (Phi) is 2.68. The van der Waals surface area contributed by atoms with Gasteiger partial charge in [0.15, 0.2) is 5.82 Å². The highest BCUT2D eigenvalue weighted by molar-refractivity contribution is 5.75. The number of aryl methyl sites for hydroxylation is 1. The van der Waals surface area contributed by atoms with Gasteiger partial charge in [0.25, 0.3) is 0 Å². The number of fused-ring (bicyclic) bond motifs is 1. The van der Waals surface area contributed by atoms with Crippen molar-refractivity contribution in [3.05, 3.63) is 29.8 Å². The lowest BCUT2D eigenvalue weighted by atomic mass is 10.0. The van der Waals surface area contributed by atoms with Gasteiger partial charge in [-0.25, -0.2) is 9.37 Å². The van der Waals surface area contributed by atoms with Crippen LogP contribution in [0.5, 0.6) is 0 Å². The van der Waals surface area contributed by atoms with E-state index in [1.54, 1.807) is 6.07 Å². The third-order valence-electron chi connectivity index (χ3n) is 2.52. The molecule has 2 rings (SSSR count). The van der Waals surface area contributed by atoms with Gasteiger partial charge in [0.1, 0.15) is 11.3 Å². The number of aromatic amines is 1. The van der Waals surface area contributed by atoms with E-state index in [9.17, 15) is 4.39 Å². The Morgan fingerprint density at radius 2 is 2.19 bits per heavy atom. The van der Waals surface area contributed by atoms with E-state index in [4.69, 9.17) is 5.73 Å². The number of nitrogens with zero attached hydrogens (tertiary/aromatic N) is 1. The first-order chi connectivity index (χ1) is 7.46. The molecule has 1 aromatic heterocycles. The number of hydrogen-bond acceptors (Lipinski definition) is 2. The van der Waals surface area contributed by atoms with Gasteiger partial charge in [-0.3, -0.25) is 0 Å². The van der Waals surface area contributed by atoms with Crippen LogP contribution in [0.15, 0.2) is 18.2 Å². The zero-order valence-corrected chi connectivity index (χ0v) is 9.55. The summed E-state index contributed by atoms with van der Waals surface area (Å²) in [6.07, 6.45) is 1.55. The number of aromatic nitrogens is 2. The SMILES string of the molecule is CC(C)(N)CCc1nc2c(F)cccc2[nH]1. The minimum Gasteiger partial charge on any atom is -0.342 e. The molecule has 0 saturated heterocycles. The molecule has 0 radical (unpaired) electrons. The molecule has 1 heterocycles. The third-order valence-corrected chi connectivity index (χ3v) is 2.52. The first kappa shape index (κ1) is 11.1. The van der Waals surface area contributed by atoms with Crippen LogP contribution in [0.1, 0.15) is 26.1 Å². The van der Waals surface area contributed by atoms with Crippen LogP contribution in [0.2, 0.25) is 0 Å². The fraction of sp³-hybridized carbons (Fsp3) is 0.417. The third kappa shape index (κ3) is 2.39. The van der Waals surface area contributed by atoms with Crippen LogP contribution in [-0.4, -0.2) is 15.5 Å². The van der Waals surface area contributed by atoms with Crippen molar-refractivity contribution in [3.63, 3.8) is 0 Å². The number of halogens is 1.